The van der Waals surface area contributed by atoms with Gasteiger partial charge in [0, 0.05) is 22.8 Å². The minimum Gasteiger partial charge on any atom is -0.368 e. The first-order valence-corrected chi connectivity index (χ1v) is 7.96. The Balaban J connectivity index is 2.23. The molecule has 6 heteroatoms. The molecule has 122 valence electrons. The monoisotopic (exact) mass is 332 g/mol. The van der Waals surface area contributed by atoms with Crippen molar-refractivity contribution in [3.8, 4) is 0 Å². The first kappa shape index (κ1) is 17.2. The second-order valence-corrected chi connectivity index (χ2v) is 5.99. The molecule has 2 N–H and O–H groups in total. The maximum absolute atomic E-state index is 12.5. The van der Waals surface area contributed by atoms with E-state index in [9.17, 15) is 4.79 Å². The molecule has 1 aromatic heterocycles. The number of rotatable bonds is 5. The van der Waals surface area contributed by atoms with E-state index in [0.717, 1.165) is 12.0 Å². The molecule has 1 atom stereocenters. The van der Waals surface area contributed by atoms with Crippen molar-refractivity contribution in [3.05, 3.63) is 46.4 Å². The van der Waals surface area contributed by atoms with E-state index in [-0.39, 0.29) is 11.9 Å². The summed E-state index contributed by atoms with van der Waals surface area (Å²) in [5, 5.41) is 6.68. The van der Waals surface area contributed by atoms with E-state index in [0.29, 0.717) is 28.0 Å². The van der Waals surface area contributed by atoms with E-state index >= 15 is 0 Å². The summed E-state index contributed by atoms with van der Waals surface area (Å²) >= 11 is 5.98. The van der Waals surface area contributed by atoms with E-state index < -0.39 is 0 Å². The van der Waals surface area contributed by atoms with Gasteiger partial charge in [0.15, 0.2) is 0 Å². The second kappa shape index (κ2) is 7.42. The van der Waals surface area contributed by atoms with Crippen LogP contribution in [0.25, 0.3) is 0 Å². The molecule has 2 rings (SSSR count). The molecular formula is C17H21ClN4O. The standard InChI is InChI=1S/C17H21ClN4O/c1-5-11(3)19-16-9-15(20-12(4)21-16)17(23)22-14-8-13(18)7-6-10(14)2/h6-9,11H,5H2,1-4H3,(H,22,23)(H,19,20,21). The topological polar surface area (TPSA) is 66.9 Å². The van der Waals surface area contributed by atoms with Crippen molar-refractivity contribution < 1.29 is 4.79 Å². The van der Waals surface area contributed by atoms with Crippen LogP contribution in [0.1, 0.15) is 42.1 Å². The van der Waals surface area contributed by atoms with Crippen molar-refractivity contribution in [2.75, 3.05) is 10.6 Å². The van der Waals surface area contributed by atoms with Crippen LogP contribution in [0.2, 0.25) is 5.02 Å². The van der Waals surface area contributed by atoms with Gasteiger partial charge in [0.1, 0.15) is 17.3 Å². The number of halogens is 1. The molecule has 5 nitrogen and oxygen atoms in total. The second-order valence-electron chi connectivity index (χ2n) is 5.55. The third kappa shape index (κ3) is 4.66. The van der Waals surface area contributed by atoms with Crippen LogP contribution in [0, 0.1) is 13.8 Å². The van der Waals surface area contributed by atoms with Crippen molar-refractivity contribution in [1.29, 1.82) is 0 Å². The summed E-state index contributed by atoms with van der Waals surface area (Å²) < 4.78 is 0. The van der Waals surface area contributed by atoms with Gasteiger partial charge in [-0.25, -0.2) is 9.97 Å². The van der Waals surface area contributed by atoms with Gasteiger partial charge in [-0.05, 0) is 44.9 Å². The van der Waals surface area contributed by atoms with Crippen LogP contribution in [0.4, 0.5) is 11.5 Å². The summed E-state index contributed by atoms with van der Waals surface area (Å²) in [6.07, 6.45) is 0.965. The average Bonchev–Trinajstić information content (AvgIpc) is 2.50. The third-order valence-corrected chi connectivity index (χ3v) is 3.76. The highest BCUT2D eigenvalue weighted by atomic mass is 35.5. The highest BCUT2D eigenvalue weighted by molar-refractivity contribution is 6.31. The predicted molar refractivity (Wildman–Crippen MR) is 94.3 cm³/mol. The van der Waals surface area contributed by atoms with E-state index in [4.69, 9.17) is 11.6 Å². The third-order valence-electron chi connectivity index (χ3n) is 3.53. The molecule has 0 saturated heterocycles. The Morgan fingerprint density at radius 2 is 2.00 bits per heavy atom. The van der Waals surface area contributed by atoms with Crippen LogP contribution < -0.4 is 10.6 Å². The van der Waals surface area contributed by atoms with Crippen LogP contribution in [0.15, 0.2) is 24.3 Å². The summed E-state index contributed by atoms with van der Waals surface area (Å²) in [5.74, 6) is 0.916. The molecule has 1 heterocycles. The largest absolute Gasteiger partial charge is 0.368 e. The summed E-state index contributed by atoms with van der Waals surface area (Å²) in [6.45, 7) is 7.82. The van der Waals surface area contributed by atoms with Gasteiger partial charge in [0.05, 0.1) is 0 Å². The number of benzene rings is 1. The van der Waals surface area contributed by atoms with E-state index in [1.165, 1.54) is 0 Å². The van der Waals surface area contributed by atoms with Crippen LogP contribution >= 0.6 is 11.6 Å². The van der Waals surface area contributed by atoms with Gasteiger partial charge in [0.25, 0.3) is 5.91 Å². The van der Waals surface area contributed by atoms with Gasteiger partial charge < -0.3 is 10.6 Å². The van der Waals surface area contributed by atoms with E-state index in [1.807, 2.05) is 13.0 Å². The minimum atomic E-state index is -0.284. The molecule has 0 saturated carbocycles. The number of aromatic nitrogens is 2. The SMILES string of the molecule is CCC(C)Nc1cc(C(=O)Nc2cc(Cl)ccc2C)nc(C)n1. The Labute approximate surface area is 141 Å². The van der Waals surface area contributed by atoms with Gasteiger partial charge in [-0.3, -0.25) is 4.79 Å². The minimum absolute atomic E-state index is 0.274. The first-order valence-electron chi connectivity index (χ1n) is 7.58. The van der Waals surface area contributed by atoms with Crippen LogP contribution in [0.3, 0.4) is 0 Å². The number of amides is 1. The highest BCUT2D eigenvalue weighted by Gasteiger charge is 2.13. The summed E-state index contributed by atoms with van der Waals surface area (Å²) in [5.41, 5.74) is 1.93. The van der Waals surface area contributed by atoms with Crippen molar-refractivity contribution in [3.63, 3.8) is 0 Å². The lowest BCUT2D eigenvalue weighted by Gasteiger charge is -2.14. The Morgan fingerprint density at radius 3 is 2.70 bits per heavy atom. The lowest BCUT2D eigenvalue weighted by atomic mass is 10.2. The van der Waals surface area contributed by atoms with E-state index in [1.54, 1.807) is 25.1 Å². The number of hydrogen-bond donors (Lipinski definition) is 2. The van der Waals surface area contributed by atoms with Crippen molar-refractivity contribution in [2.24, 2.45) is 0 Å². The molecular weight excluding hydrogens is 312 g/mol. The zero-order chi connectivity index (χ0) is 17.0. The lowest BCUT2D eigenvalue weighted by molar-refractivity contribution is 0.102. The fourth-order valence-electron chi connectivity index (χ4n) is 2.03. The molecule has 23 heavy (non-hydrogen) atoms. The number of hydrogen-bond acceptors (Lipinski definition) is 4. The average molecular weight is 333 g/mol. The fraction of sp³-hybridized carbons (Fsp3) is 0.353. The predicted octanol–water partition coefficient (Wildman–Crippen LogP) is 4.21. The normalized spacial score (nSPS) is 11.9. The number of carbonyl (C=O) groups excluding carboxylic acids is 1. The molecule has 1 amide bonds. The maximum atomic E-state index is 12.5. The Morgan fingerprint density at radius 1 is 1.26 bits per heavy atom. The molecule has 0 fully saturated rings. The first-order chi connectivity index (χ1) is 10.9. The molecule has 0 aliphatic carbocycles. The van der Waals surface area contributed by atoms with Crippen LogP contribution in [0.5, 0.6) is 0 Å². The molecule has 0 bridgehead atoms. The lowest BCUT2D eigenvalue weighted by Crippen LogP contribution is -2.19. The van der Waals surface area contributed by atoms with Crippen LogP contribution in [-0.4, -0.2) is 21.9 Å². The molecule has 0 radical (unpaired) electrons. The van der Waals surface area contributed by atoms with Gasteiger partial charge in [0.2, 0.25) is 0 Å². The Bertz CT molecular complexity index is 718. The number of anilines is 2. The quantitative estimate of drug-likeness (QED) is 0.860. The maximum Gasteiger partial charge on any atom is 0.274 e. The number of carbonyl (C=O) groups is 1. The smallest absolute Gasteiger partial charge is 0.274 e. The fourth-order valence-corrected chi connectivity index (χ4v) is 2.20. The zero-order valence-electron chi connectivity index (χ0n) is 13.8. The summed E-state index contributed by atoms with van der Waals surface area (Å²) in [4.78, 5) is 21.0. The van der Waals surface area contributed by atoms with Gasteiger partial charge >= 0.3 is 0 Å². The molecule has 0 aliphatic heterocycles. The Hall–Kier alpha value is -2.14. The van der Waals surface area contributed by atoms with Gasteiger partial charge in [-0.15, -0.1) is 0 Å². The molecule has 1 unspecified atom stereocenters. The van der Waals surface area contributed by atoms with Gasteiger partial charge in [-0.2, -0.15) is 0 Å². The number of aryl methyl sites for hydroxylation is 2. The zero-order valence-corrected chi connectivity index (χ0v) is 14.5. The molecule has 2 aromatic rings. The van der Waals surface area contributed by atoms with Crippen LogP contribution in [-0.2, 0) is 0 Å². The summed E-state index contributed by atoms with van der Waals surface area (Å²) in [6, 6.07) is 7.31. The molecule has 0 aliphatic rings. The number of nitrogens with one attached hydrogen (secondary N) is 2. The molecule has 1 aromatic carbocycles. The number of nitrogens with zero attached hydrogens (tertiary/aromatic N) is 2. The van der Waals surface area contributed by atoms with Crippen molar-refractivity contribution in [1.82, 2.24) is 9.97 Å². The molecule has 0 spiro atoms. The van der Waals surface area contributed by atoms with Crippen molar-refractivity contribution in [2.45, 2.75) is 40.2 Å². The highest BCUT2D eigenvalue weighted by Crippen LogP contribution is 2.21. The summed E-state index contributed by atoms with van der Waals surface area (Å²) in [7, 11) is 0. The van der Waals surface area contributed by atoms with E-state index in [2.05, 4.69) is 34.4 Å². The van der Waals surface area contributed by atoms with Crippen molar-refractivity contribution >= 4 is 29.0 Å². The van der Waals surface area contributed by atoms with Gasteiger partial charge in [-0.1, -0.05) is 24.6 Å². The Kier molecular flexibility index (Phi) is 5.55.